The minimum Gasteiger partial charge on any atom is -0.465 e. The molecule has 0 aliphatic carbocycles. The van der Waals surface area contributed by atoms with Crippen LogP contribution in [0.25, 0.3) is 0 Å². The van der Waals surface area contributed by atoms with Crippen molar-refractivity contribution in [2.75, 3.05) is 6.54 Å². The predicted molar refractivity (Wildman–Crippen MR) is 57.0 cm³/mol. The van der Waals surface area contributed by atoms with E-state index in [0.29, 0.717) is 13.2 Å². The fraction of sp³-hybridized carbons (Fsp3) is 0.400. The Morgan fingerprint density at radius 3 is 3.14 bits per heavy atom. The van der Waals surface area contributed by atoms with Crippen LogP contribution >= 0.6 is 15.9 Å². The molecular formula is C10H12BrNO2. The van der Waals surface area contributed by atoms with Crippen LogP contribution in [-0.4, -0.2) is 12.8 Å². The van der Waals surface area contributed by atoms with Crippen LogP contribution in [0.15, 0.2) is 22.7 Å². The third kappa shape index (κ3) is 2.08. The van der Waals surface area contributed by atoms with E-state index in [9.17, 15) is 0 Å². The molecule has 0 fully saturated rings. The van der Waals surface area contributed by atoms with Crippen molar-refractivity contribution in [2.24, 2.45) is 5.73 Å². The van der Waals surface area contributed by atoms with Crippen molar-refractivity contribution in [1.82, 2.24) is 0 Å². The second kappa shape index (κ2) is 4.29. The van der Waals surface area contributed by atoms with E-state index in [1.807, 2.05) is 18.2 Å². The van der Waals surface area contributed by atoms with Gasteiger partial charge in [-0.2, -0.15) is 0 Å². The maximum absolute atomic E-state index is 5.60. The zero-order valence-corrected chi connectivity index (χ0v) is 9.29. The summed E-state index contributed by atoms with van der Waals surface area (Å²) in [6, 6.07) is 5.92. The highest BCUT2D eigenvalue weighted by Crippen LogP contribution is 2.29. The number of hydrogen-bond acceptors (Lipinski definition) is 3. The van der Waals surface area contributed by atoms with Crippen LogP contribution in [0.3, 0.4) is 0 Å². The summed E-state index contributed by atoms with van der Waals surface area (Å²) < 4.78 is 12.1. The average molecular weight is 258 g/mol. The smallest absolute Gasteiger partial charge is 0.201 e. The molecule has 0 radical (unpaired) electrons. The summed E-state index contributed by atoms with van der Waals surface area (Å²) >= 11 is 3.41. The van der Waals surface area contributed by atoms with Crippen molar-refractivity contribution >= 4 is 15.9 Å². The summed E-state index contributed by atoms with van der Waals surface area (Å²) in [5, 5.41) is 0. The Labute approximate surface area is 91.3 Å². The van der Waals surface area contributed by atoms with Crippen LogP contribution in [0.2, 0.25) is 0 Å². The third-order valence-electron chi connectivity index (χ3n) is 2.11. The predicted octanol–water partition coefficient (Wildman–Crippen LogP) is 2.03. The summed E-state index contributed by atoms with van der Waals surface area (Å²) in [7, 11) is 0. The Bertz CT molecular complexity index is 330. The van der Waals surface area contributed by atoms with Crippen molar-refractivity contribution in [3.8, 4) is 5.75 Å². The molecule has 3 nitrogen and oxygen atoms in total. The molecule has 0 aromatic heterocycles. The van der Waals surface area contributed by atoms with Crippen LogP contribution in [0, 0.1) is 0 Å². The number of fused-ring (bicyclic) bond motifs is 1. The molecule has 0 amide bonds. The summed E-state index contributed by atoms with van der Waals surface area (Å²) in [6.07, 6.45) is 0.545. The number of benzene rings is 1. The van der Waals surface area contributed by atoms with Crippen molar-refractivity contribution in [3.63, 3.8) is 0 Å². The molecular weight excluding hydrogens is 246 g/mol. The summed E-state index contributed by atoms with van der Waals surface area (Å²) in [6.45, 7) is 1.18. The van der Waals surface area contributed by atoms with Gasteiger partial charge in [-0.15, -0.1) is 0 Å². The van der Waals surface area contributed by atoms with E-state index in [0.717, 1.165) is 22.2 Å². The standard InChI is InChI=1S/C10H12BrNO2/c11-8-1-2-9-7(5-8)6-13-10(14-9)3-4-12/h1-2,5,10H,3-4,6,12H2. The first-order chi connectivity index (χ1) is 6.79. The molecule has 1 aliphatic rings. The largest absolute Gasteiger partial charge is 0.465 e. The number of nitrogens with two attached hydrogens (primary N) is 1. The van der Waals surface area contributed by atoms with E-state index in [1.165, 1.54) is 0 Å². The van der Waals surface area contributed by atoms with Crippen molar-refractivity contribution < 1.29 is 9.47 Å². The van der Waals surface area contributed by atoms with Crippen LogP contribution in [-0.2, 0) is 11.3 Å². The monoisotopic (exact) mass is 257 g/mol. The molecule has 1 atom stereocenters. The molecule has 2 N–H and O–H groups in total. The highest BCUT2D eigenvalue weighted by atomic mass is 79.9. The van der Waals surface area contributed by atoms with Crippen LogP contribution in [0.1, 0.15) is 12.0 Å². The van der Waals surface area contributed by atoms with Gasteiger partial charge in [0.15, 0.2) is 0 Å². The molecule has 0 spiro atoms. The van der Waals surface area contributed by atoms with E-state index >= 15 is 0 Å². The summed E-state index contributed by atoms with van der Waals surface area (Å²) in [5.74, 6) is 0.901. The van der Waals surface area contributed by atoms with E-state index in [1.54, 1.807) is 0 Å². The van der Waals surface area contributed by atoms with Gasteiger partial charge in [-0.25, -0.2) is 0 Å². The number of hydrogen-bond donors (Lipinski definition) is 1. The van der Waals surface area contributed by atoms with Crippen LogP contribution in [0.5, 0.6) is 5.75 Å². The van der Waals surface area contributed by atoms with E-state index < -0.39 is 0 Å². The van der Waals surface area contributed by atoms with Crippen molar-refractivity contribution in [1.29, 1.82) is 0 Å². The minimum atomic E-state index is -0.186. The molecule has 1 unspecified atom stereocenters. The van der Waals surface area contributed by atoms with Gasteiger partial charge in [0, 0.05) is 16.5 Å². The van der Waals surface area contributed by atoms with Crippen LogP contribution in [0.4, 0.5) is 0 Å². The first-order valence-corrected chi connectivity index (χ1v) is 5.35. The fourth-order valence-corrected chi connectivity index (χ4v) is 1.82. The Balaban J connectivity index is 2.15. The van der Waals surface area contributed by atoms with Gasteiger partial charge >= 0.3 is 0 Å². The molecule has 2 rings (SSSR count). The third-order valence-corrected chi connectivity index (χ3v) is 2.60. The molecule has 1 aliphatic heterocycles. The summed E-state index contributed by atoms with van der Waals surface area (Å²) in [5.41, 5.74) is 6.51. The van der Waals surface area contributed by atoms with Gasteiger partial charge in [0.25, 0.3) is 0 Å². The molecule has 0 bridgehead atoms. The maximum atomic E-state index is 5.60. The van der Waals surface area contributed by atoms with E-state index in [2.05, 4.69) is 15.9 Å². The summed E-state index contributed by atoms with van der Waals surface area (Å²) in [4.78, 5) is 0. The topological polar surface area (TPSA) is 44.5 Å². The molecule has 0 saturated carbocycles. The normalized spacial score (nSPS) is 20.0. The van der Waals surface area contributed by atoms with Gasteiger partial charge in [-0.05, 0) is 24.7 Å². The molecule has 14 heavy (non-hydrogen) atoms. The van der Waals surface area contributed by atoms with Crippen molar-refractivity contribution in [3.05, 3.63) is 28.2 Å². The molecule has 1 aromatic carbocycles. The first kappa shape index (κ1) is 9.96. The Hall–Kier alpha value is -0.580. The lowest BCUT2D eigenvalue weighted by Crippen LogP contribution is -2.27. The quantitative estimate of drug-likeness (QED) is 0.882. The van der Waals surface area contributed by atoms with E-state index in [-0.39, 0.29) is 6.29 Å². The maximum Gasteiger partial charge on any atom is 0.201 e. The number of ether oxygens (including phenoxy) is 2. The Morgan fingerprint density at radius 2 is 2.36 bits per heavy atom. The van der Waals surface area contributed by atoms with Gasteiger partial charge in [0.1, 0.15) is 5.75 Å². The lowest BCUT2D eigenvalue weighted by atomic mass is 10.2. The number of rotatable bonds is 2. The zero-order valence-electron chi connectivity index (χ0n) is 7.70. The minimum absolute atomic E-state index is 0.186. The van der Waals surface area contributed by atoms with Crippen molar-refractivity contribution in [2.45, 2.75) is 19.3 Å². The van der Waals surface area contributed by atoms with Gasteiger partial charge < -0.3 is 15.2 Å². The van der Waals surface area contributed by atoms with Gasteiger partial charge in [-0.3, -0.25) is 0 Å². The van der Waals surface area contributed by atoms with Gasteiger partial charge in [0.2, 0.25) is 6.29 Å². The molecule has 76 valence electrons. The Kier molecular flexibility index (Phi) is 3.05. The lowest BCUT2D eigenvalue weighted by Gasteiger charge is -2.26. The lowest BCUT2D eigenvalue weighted by molar-refractivity contribution is -0.109. The second-order valence-corrected chi connectivity index (χ2v) is 4.10. The first-order valence-electron chi connectivity index (χ1n) is 4.56. The molecule has 4 heteroatoms. The SMILES string of the molecule is NCCC1OCc2cc(Br)ccc2O1. The second-order valence-electron chi connectivity index (χ2n) is 3.19. The highest BCUT2D eigenvalue weighted by molar-refractivity contribution is 9.10. The van der Waals surface area contributed by atoms with E-state index in [4.69, 9.17) is 15.2 Å². The average Bonchev–Trinajstić information content (AvgIpc) is 2.19. The molecule has 1 aromatic rings. The van der Waals surface area contributed by atoms with Gasteiger partial charge in [0.05, 0.1) is 6.61 Å². The number of halogens is 1. The molecule has 1 heterocycles. The fourth-order valence-electron chi connectivity index (χ4n) is 1.41. The van der Waals surface area contributed by atoms with Gasteiger partial charge in [-0.1, -0.05) is 15.9 Å². The Morgan fingerprint density at radius 1 is 1.50 bits per heavy atom. The zero-order chi connectivity index (χ0) is 9.97. The molecule has 0 saturated heterocycles. The van der Waals surface area contributed by atoms with Crippen LogP contribution < -0.4 is 10.5 Å². The highest BCUT2D eigenvalue weighted by Gasteiger charge is 2.19.